The van der Waals surface area contributed by atoms with E-state index >= 15 is 0 Å². The molecule has 180 valence electrons. The van der Waals surface area contributed by atoms with Gasteiger partial charge in [-0.3, -0.25) is 0 Å². The Morgan fingerprint density at radius 1 is 1.09 bits per heavy atom. The van der Waals surface area contributed by atoms with Crippen molar-refractivity contribution in [2.24, 2.45) is 0 Å². The highest BCUT2D eigenvalue weighted by Crippen LogP contribution is 2.20. The first kappa shape index (κ1) is 25.7. The van der Waals surface area contributed by atoms with Crippen LogP contribution >= 0.6 is 0 Å². The van der Waals surface area contributed by atoms with E-state index in [4.69, 9.17) is 13.9 Å². The molecule has 0 saturated heterocycles. The number of oxazole rings is 1. The summed E-state index contributed by atoms with van der Waals surface area (Å²) in [5, 5.41) is 5.41. The first-order chi connectivity index (χ1) is 15.7. The van der Waals surface area contributed by atoms with Gasteiger partial charge in [0.05, 0.1) is 7.11 Å². The van der Waals surface area contributed by atoms with Crippen molar-refractivity contribution >= 4 is 18.2 Å². The molecule has 0 saturated carbocycles. The number of methoxy groups -OCH3 is 1. The molecule has 2 amide bonds. The van der Waals surface area contributed by atoms with Crippen LogP contribution in [0.2, 0.25) is 0 Å². The SMILES string of the molecule is COC(=O)c1coc(C(CCCCNC(=O)OC(C)(C)C)NC(=O)OCc2ccccc2)n1. The number of aromatic nitrogens is 1. The van der Waals surface area contributed by atoms with Crippen molar-refractivity contribution in [1.82, 2.24) is 15.6 Å². The van der Waals surface area contributed by atoms with Crippen LogP contribution in [0.1, 0.15) is 68.0 Å². The minimum Gasteiger partial charge on any atom is -0.464 e. The number of esters is 1. The molecule has 10 heteroatoms. The summed E-state index contributed by atoms with van der Waals surface area (Å²) in [6, 6.07) is 8.64. The van der Waals surface area contributed by atoms with Crippen molar-refractivity contribution in [2.45, 2.75) is 58.3 Å². The molecule has 0 fully saturated rings. The maximum Gasteiger partial charge on any atom is 0.408 e. The summed E-state index contributed by atoms with van der Waals surface area (Å²) in [6.07, 6.45) is 1.73. The van der Waals surface area contributed by atoms with Crippen molar-refractivity contribution in [3.63, 3.8) is 0 Å². The molecule has 0 radical (unpaired) electrons. The molecule has 0 bridgehead atoms. The second kappa shape index (κ2) is 12.5. The summed E-state index contributed by atoms with van der Waals surface area (Å²) in [7, 11) is 1.24. The topological polar surface area (TPSA) is 129 Å². The minimum atomic E-state index is -0.645. The van der Waals surface area contributed by atoms with Crippen LogP contribution in [-0.2, 0) is 20.8 Å². The molecule has 0 spiro atoms. The molecular weight excluding hydrogens is 430 g/mol. The highest BCUT2D eigenvalue weighted by molar-refractivity contribution is 5.86. The number of alkyl carbamates (subject to hydrolysis) is 2. The van der Waals surface area contributed by atoms with Crippen molar-refractivity contribution in [1.29, 1.82) is 0 Å². The second-order valence-corrected chi connectivity index (χ2v) is 8.25. The van der Waals surface area contributed by atoms with Gasteiger partial charge in [0.15, 0.2) is 5.69 Å². The van der Waals surface area contributed by atoms with Gasteiger partial charge in [-0.25, -0.2) is 19.4 Å². The standard InChI is InChI=1S/C23H31N3O7/c1-23(2,3)33-21(28)24-13-9-8-12-17(19-25-18(15-31-19)20(27)30-4)26-22(29)32-14-16-10-6-5-7-11-16/h5-7,10-11,15,17H,8-9,12-14H2,1-4H3,(H,24,28)(H,26,29). The third kappa shape index (κ3) is 9.63. The maximum absolute atomic E-state index is 12.3. The first-order valence-electron chi connectivity index (χ1n) is 10.7. The fourth-order valence-electron chi connectivity index (χ4n) is 2.79. The number of nitrogens with one attached hydrogen (secondary N) is 2. The number of carbonyl (C=O) groups excluding carboxylic acids is 3. The summed E-state index contributed by atoms with van der Waals surface area (Å²) >= 11 is 0. The zero-order chi connectivity index (χ0) is 24.3. The zero-order valence-corrected chi connectivity index (χ0v) is 19.4. The Morgan fingerprint density at radius 3 is 2.48 bits per heavy atom. The summed E-state index contributed by atoms with van der Waals surface area (Å²) in [5.74, 6) is -0.482. The second-order valence-electron chi connectivity index (χ2n) is 8.25. The van der Waals surface area contributed by atoms with Gasteiger partial charge in [0.25, 0.3) is 0 Å². The molecule has 1 unspecified atom stereocenters. The zero-order valence-electron chi connectivity index (χ0n) is 19.4. The van der Waals surface area contributed by atoms with Crippen molar-refractivity contribution in [3.05, 3.63) is 53.7 Å². The molecule has 2 rings (SSSR count). The third-order valence-corrected chi connectivity index (χ3v) is 4.31. The molecule has 33 heavy (non-hydrogen) atoms. The van der Waals surface area contributed by atoms with Gasteiger partial charge < -0.3 is 29.3 Å². The average Bonchev–Trinajstić information content (AvgIpc) is 3.26. The van der Waals surface area contributed by atoms with Gasteiger partial charge in [-0.15, -0.1) is 0 Å². The van der Waals surface area contributed by atoms with Gasteiger partial charge in [-0.05, 0) is 45.6 Å². The van der Waals surface area contributed by atoms with Gasteiger partial charge in [0.2, 0.25) is 5.89 Å². The van der Waals surface area contributed by atoms with E-state index in [0.717, 1.165) is 5.56 Å². The number of carbonyl (C=O) groups is 3. The van der Waals surface area contributed by atoms with Crippen LogP contribution in [-0.4, -0.2) is 42.4 Å². The van der Waals surface area contributed by atoms with E-state index in [1.165, 1.54) is 13.4 Å². The quantitative estimate of drug-likeness (QED) is 0.307. The van der Waals surface area contributed by atoms with Crippen molar-refractivity contribution in [3.8, 4) is 0 Å². The Labute approximate surface area is 193 Å². The van der Waals surface area contributed by atoms with E-state index in [9.17, 15) is 14.4 Å². The third-order valence-electron chi connectivity index (χ3n) is 4.31. The number of benzene rings is 1. The summed E-state index contributed by atoms with van der Waals surface area (Å²) in [6.45, 7) is 5.88. The lowest BCUT2D eigenvalue weighted by Crippen LogP contribution is -2.33. The predicted molar refractivity (Wildman–Crippen MR) is 118 cm³/mol. The maximum atomic E-state index is 12.3. The van der Waals surface area contributed by atoms with Crippen LogP contribution in [0.4, 0.5) is 9.59 Å². The van der Waals surface area contributed by atoms with E-state index in [-0.39, 0.29) is 18.2 Å². The number of rotatable bonds is 10. The van der Waals surface area contributed by atoms with Gasteiger partial charge >= 0.3 is 18.2 Å². The van der Waals surface area contributed by atoms with Crippen LogP contribution in [0.25, 0.3) is 0 Å². The molecule has 1 aromatic carbocycles. The molecule has 2 N–H and O–H groups in total. The monoisotopic (exact) mass is 461 g/mol. The number of ether oxygens (including phenoxy) is 3. The number of hydrogen-bond donors (Lipinski definition) is 2. The molecule has 1 heterocycles. The van der Waals surface area contributed by atoms with Crippen LogP contribution in [0.3, 0.4) is 0 Å². The van der Waals surface area contributed by atoms with Crippen LogP contribution in [0, 0.1) is 0 Å². The van der Waals surface area contributed by atoms with E-state index in [1.54, 1.807) is 20.8 Å². The number of nitrogens with zero attached hydrogens (tertiary/aromatic N) is 1. The van der Waals surface area contributed by atoms with Crippen molar-refractivity contribution in [2.75, 3.05) is 13.7 Å². The van der Waals surface area contributed by atoms with Crippen molar-refractivity contribution < 1.29 is 33.0 Å². The van der Waals surface area contributed by atoms with Crippen LogP contribution < -0.4 is 10.6 Å². The Balaban J connectivity index is 1.90. The van der Waals surface area contributed by atoms with Crippen LogP contribution in [0.5, 0.6) is 0 Å². The number of hydrogen-bond acceptors (Lipinski definition) is 8. The Bertz CT molecular complexity index is 906. The first-order valence-corrected chi connectivity index (χ1v) is 10.7. The van der Waals surface area contributed by atoms with Gasteiger partial charge in [0.1, 0.15) is 24.5 Å². The lowest BCUT2D eigenvalue weighted by atomic mass is 10.1. The molecule has 10 nitrogen and oxygen atoms in total. The lowest BCUT2D eigenvalue weighted by molar-refractivity contribution is 0.0525. The van der Waals surface area contributed by atoms with E-state index < -0.39 is 29.8 Å². The molecule has 2 aromatic rings. The largest absolute Gasteiger partial charge is 0.464 e. The van der Waals surface area contributed by atoms with E-state index in [1.807, 2.05) is 30.3 Å². The summed E-state index contributed by atoms with van der Waals surface area (Å²) in [4.78, 5) is 39.9. The van der Waals surface area contributed by atoms with Gasteiger partial charge in [-0.2, -0.15) is 0 Å². The number of unbranched alkanes of at least 4 members (excludes halogenated alkanes) is 1. The lowest BCUT2D eigenvalue weighted by Gasteiger charge is -2.19. The predicted octanol–water partition coefficient (Wildman–Crippen LogP) is 4.12. The molecule has 0 aliphatic rings. The summed E-state index contributed by atoms with van der Waals surface area (Å²) < 4.78 is 20.5. The van der Waals surface area contributed by atoms with E-state index in [2.05, 4.69) is 20.4 Å². The van der Waals surface area contributed by atoms with E-state index in [0.29, 0.717) is 25.8 Å². The summed E-state index contributed by atoms with van der Waals surface area (Å²) in [5.41, 5.74) is 0.284. The minimum absolute atomic E-state index is 0.00328. The molecule has 1 atom stereocenters. The molecular formula is C23H31N3O7. The van der Waals surface area contributed by atoms with Gasteiger partial charge in [0, 0.05) is 6.54 Å². The Morgan fingerprint density at radius 2 is 1.82 bits per heavy atom. The molecule has 1 aromatic heterocycles. The smallest absolute Gasteiger partial charge is 0.408 e. The Hall–Kier alpha value is -3.56. The van der Waals surface area contributed by atoms with Crippen LogP contribution in [0.15, 0.2) is 41.0 Å². The Kier molecular flexibility index (Phi) is 9.71. The fourth-order valence-corrected chi connectivity index (χ4v) is 2.79. The highest BCUT2D eigenvalue weighted by atomic mass is 16.6. The highest BCUT2D eigenvalue weighted by Gasteiger charge is 2.23. The molecule has 0 aliphatic carbocycles. The fraction of sp³-hybridized carbons (Fsp3) is 0.478. The number of amides is 2. The molecule has 0 aliphatic heterocycles. The average molecular weight is 462 g/mol. The normalized spacial score (nSPS) is 11.9. The van der Waals surface area contributed by atoms with Gasteiger partial charge in [-0.1, -0.05) is 30.3 Å².